The molecule has 0 fully saturated rings. The van der Waals surface area contributed by atoms with Crippen LogP contribution in [0.3, 0.4) is 0 Å². The van der Waals surface area contributed by atoms with Crippen molar-refractivity contribution >= 4 is 10.1 Å². The van der Waals surface area contributed by atoms with Gasteiger partial charge >= 0.3 is 6.18 Å². The molecule has 0 unspecified atom stereocenters. The van der Waals surface area contributed by atoms with Gasteiger partial charge in [-0.05, 0) is 42.3 Å². The number of halogens is 3. The van der Waals surface area contributed by atoms with Crippen molar-refractivity contribution in [1.29, 1.82) is 0 Å². The molecule has 142 valence electrons. The summed E-state index contributed by atoms with van der Waals surface area (Å²) in [5.74, 6) is -0.139. The number of rotatable bonds is 7. The Morgan fingerprint density at radius 1 is 1.04 bits per heavy atom. The van der Waals surface area contributed by atoms with E-state index in [-0.39, 0.29) is 21.8 Å². The molecule has 5 nitrogen and oxygen atoms in total. The second-order valence-corrected chi connectivity index (χ2v) is 7.19. The van der Waals surface area contributed by atoms with Gasteiger partial charge in [0, 0.05) is 0 Å². The first-order chi connectivity index (χ1) is 12.1. The monoisotopic (exact) mass is 390 g/mol. The zero-order chi connectivity index (χ0) is 19.4. The van der Waals surface area contributed by atoms with Crippen molar-refractivity contribution in [3.63, 3.8) is 0 Å². The van der Waals surface area contributed by atoms with Gasteiger partial charge in [0.05, 0.1) is 18.1 Å². The average molecular weight is 390 g/mol. The number of hydrogen-bond acceptors (Lipinski definition) is 5. The summed E-state index contributed by atoms with van der Waals surface area (Å²) in [5.41, 5.74) is 1.41. The second-order valence-electron chi connectivity index (χ2n) is 5.58. The van der Waals surface area contributed by atoms with Crippen LogP contribution in [0.1, 0.15) is 16.7 Å². The van der Waals surface area contributed by atoms with E-state index in [2.05, 4.69) is 4.74 Å². The maximum atomic E-state index is 12.3. The molecule has 9 heteroatoms. The maximum Gasteiger partial charge on any atom is 0.422 e. The highest BCUT2D eigenvalue weighted by Crippen LogP contribution is 2.23. The molecule has 0 spiro atoms. The fraction of sp³-hybridized carbons (Fsp3) is 0.294. The summed E-state index contributed by atoms with van der Waals surface area (Å²) in [4.78, 5) is -0.0324. The summed E-state index contributed by atoms with van der Waals surface area (Å²) in [7, 11) is -4.03. The number of ether oxygens (including phenoxy) is 1. The van der Waals surface area contributed by atoms with Gasteiger partial charge in [0.1, 0.15) is 5.75 Å². The molecule has 0 saturated carbocycles. The predicted molar refractivity (Wildman–Crippen MR) is 87.1 cm³/mol. The summed E-state index contributed by atoms with van der Waals surface area (Å²) in [6.45, 7) is -0.544. The highest BCUT2D eigenvalue weighted by Gasteiger charge is 2.28. The molecule has 0 aromatic heterocycles. The minimum absolute atomic E-state index is 0.0324. The van der Waals surface area contributed by atoms with Gasteiger partial charge in [-0.1, -0.05) is 23.8 Å². The zero-order valence-electron chi connectivity index (χ0n) is 13.8. The van der Waals surface area contributed by atoms with Crippen LogP contribution in [0, 0.1) is 6.92 Å². The van der Waals surface area contributed by atoms with Gasteiger partial charge in [-0.15, -0.1) is 0 Å². The van der Waals surface area contributed by atoms with Gasteiger partial charge in [-0.3, -0.25) is 4.18 Å². The predicted octanol–water partition coefficient (Wildman–Crippen LogP) is 3.33. The maximum absolute atomic E-state index is 12.3. The van der Waals surface area contributed by atoms with E-state index in [4.69, 9.17) is 4.18 Å². The van der Waals surface area contributed by atoms with E-state index in [9.17, 15) is 26.7 Å². The van der Waals surface area contributed by atoms with Crippen molar-refractivity contribution in [2.75, 3.05) is 6.61 Å². The van der Waals surface area contributed by atoms with E-state index < -0.39 is 36.1 Å². The zero-order valence-corrected chi connectivity index (χ0v) is 14.6. The van der Waals surface area contributed by atoms with Gasteiger partial charge in [0.2, 0.25) is 0 Å². The van der Waals surface area contributed by atoms with Crippen molar-refractivity contribution < 1.29 is 35.6 Å². The van der Waals surface area contributed by atoms with Crippen LogP contribution in [0.25, 0.3) is 0 Å². The average Bonchev–Trinajstić information content (AvgIpc) is 2.58. The van der Waals surface area contributed by atoms with Crippen LogP contribution in [0.15, 0.2) is 47.4 Å². The molecule has 0 atom stereocenters. The van der Waals surface area contributed by atoms with Gasteiger partial charge in [-0.2, -0.15) is 21.6 Å². The van der Waals surface area contributed by atoms with Crippen LogP contribution in [-0.2, 0) is 27.5 Å². The van der Waals surface area contributed by atoms with Crippen molar-refractivity contribution in [3.05, 3.63) is 59.2 Å². The summed E-state index contributed by atoms with van der Waals surface area (Å²) >= 11 is 0. The number of aryl methyl sites for hydroxylation is 1. The third kappa shape index (κ3) is 6.01. The molecule has 2 aromatic rings. The van der Waals surface area contributed by atoms with Gasteiger partial charge in [0.15, 0.2) is 6.61 Å². The fourth-order valence-electron chi connectivity index (χ4n) is 2.07. The largest absolute Gasteiger partial charge is 0.484 e. The molecular weight excluding hydrogens is 373 g/mol. The second kappa shape index (κ2) is 8.07. The summed E-state index contributed by atoms with van der Waals surface area (Å²) in [5, 5.41) is 9.21. The smallest absolute Gasteiger partial charge is 0.422 e. The molecule has 2 aromatic carbocycles. The SMILES string of the molecule is Cc1ccc(S(=O)(=O)OCc2cc(CO)cc(OCC(F)(F)F)c2)cc1. The lowest BCUT2D eigenvalue weighted by atomic mass is 10.1. The Balaban J connectivity index is 2.14. The Labute approximate surface area is 149 Å². The fourth-order valence-corrected chi connectivity index (χ4v) is 2.97. The lowest BCUT2D eigenvalue weighted by molar-refractivity contribution is -0.153. The quantitative estimate of drug-likeness (QED) is 0.734. The van der Waals surface area contributed by atoms with Crippen molar-refractivity contribution in [2.24, 2.45) is 0 Å². The van der Waals surface area contributed by atoms with Crippen LogP contribution in [0.5, 0.6) is 5.75 Å². The highest BCUT2D eigenvalue weighted by atomic mass is 32.2. The molecule has 0 aliphatic carbocycles. The highest BCUT2D eigenvalue weighted by molar-refractivity contribution is 7.86. The van der Waals surface area contributed by atoms with Crippen molar-refractivity contribution in [3.8, 4) is 5.75 Å². The number of benzene rings is 2. The molecule has 0 saturated heterocycles. The first kappa shape index (κ1) is 20.2. The minimum atomic E-state index is -4.51. The molecular formula is C17H17F3O5S. The number of aliphatic hydroxyl groups excluding tert-OH is 1. The van der Waals surface area contributed by atoms with Crippen molar-refractivity contribution in [2.45, 2.75) is 31.2 Å². The topological polar surface area (TPSA) is 72.8 Å². The Morgan fingerprint density at radius 3 is 2.23 bits per heavy atom. The van der Waals surface area contributed by atoms with E-state index in [1.807, 2.05) is 0 Å². The van der Waals surface area contributed by atoms with Crippen LogP contribution in [0.2, 0.25) is 0 Å². The lowest BCUT2D eigenvalue weighted by Gasteiger charge is -2.12. The summed E-state index contributed by atoms with van der Waals surface area (Å²) in [6.07, 6.45) is -4.51. The first-order valence-electron chi connectivity index (χ1n) is 7.48. The third-order valence-corrected chi connectivity index (χ3v) is 4.58. The lowest BCUT2D eigenvalue weighted by Crippen LogP contribution is -2.19. The Kier molecular flexibility index (Phi) is 6.27. The van der Waals surface area contributed by atoms with Crippen molar-refractivity contribution in [1.82, 2.24) is 0 Å². The van der Waals surface area contributed by atoms with Gasteiger partial charge < -0.3 is 9.84 Å². The van der Waals surface area contributed by atoms with Crippen LogP contribution in [-0.4, -0.2) is 26.3 Å². The summed E-state index contributed by atoms with van der Waals surface area (Å²) < 4.78 is 70.7. The third-order valence-electron chi connectivity index (χ3n) is 3.30. The molecule has 0 aliphatic rings. The molecule has 0 radical (unpaired) electrons. The Bertz CT molecular complexity index is 846. The first-order valence-corrected chi connectivity index (χ1v) is 8.89. The van der Waals surface area contributed by atoms with Crippen LogP contribution < -0.4 is 4.74 Å². The van der Waals surface area contributed by atoms with Crippen LogP contribution >= 0.6 is 0 Å². The van der Waals surface area contributed by atoms with E-state index in [0.29, 0.717) is 0 Å². The number of hydrogen-bond donors (Lipinski definition) is 1. The Hall–Kier alpha value is -2.10. The normalized spacial score (nSPS) is 12.2. The van der Waals surface area contributed by atoms with E-state index in [0.717, 1.165) is 5.56 Å². The number of aliphatic hydroxyl groups is 1. The molecule has 0 bridgehead atoms. The van der Waals surface area contributed by atoms with Gasteiger partial charge in [0.25, 0.3) is 10.1 Å². The molecule has 0 heterocycles. The number of alkyl halides is 3. The molecule has 2 rings (SSSR count). The Morgan fingerprint density at radius 2 is 1.65 bits per heavy atom. The van der Waals surface area contributed by atoms with Gasteiger partial charge in [-0.25, -0.2) is 0 Å². The van der Waals surface area contributed by atoms with E-state index in [1.54, 1.807) is 19.1 Å². The minimum Gasteiger partial charge on any atom is -0.484 e. The molecule has 1 N–H and O–H groups in total. The van der Waals surface area contributed by atoms with Crippen LogP contribution in [0.4, 0.5) is 13.2 Å². The molecule has 0 amide bonds. The van der Waals surface area contributed by atoms with E-state index >= 15 is 0 Å². The standard InChI is InChI=1S/C17H17F3O5S/c1-12-2-4-16(5-3-12)26(22,23)25-10-14-6-13(9-21)7-15(8-14)24-11-17(18,19)20/h2-8,21H,9-11H2,1H3. The molecule has 0 aliphatic heterocycles. The molecule has 26 heavy (non-hydrogen) atoms. The van der Waals surface area contributed by atoms with E-state index in [1.165, 1.54) is 30.3 Å². The summed E-state index contributed by atoms with van der Waals surface area (Å²) in [6, 6.07) is 9.92.